The first-order chi connectivity index (χ1) is 6.62. The smallest absolute Gasteiger partial charge is 0.126 e. The second-order valence-electron chi connectivity index (χ2n) is 4.20. The fraction of sp³-hybridized carbons (Fsp3) is 0.500. The van der Waals surface area contributed by atoms with Crippen molar-refractivity contribution in [3.05, 3.63) is 35.1 Å². The quantitative estimate of drug-likeness (QED) is 0.728. The lowest BCUT2D eigenvalue weighted by molar-refractivity contribution is 0.0441. The topological polar surface area (TPSA) is 20.2 Å². The highest BCUT2D eigenvalue weighted by Crippen LogP contribution is 2.38. The Morgan fingerprint density at radius 2 is 1.93 bits per heavy atom. The Kier molecular flexibility index (Phi) is 2.31. The molecule has 0 spiro atoms. The van der Waals surface area contributed by atoms with Crippen molar-refractivity contribution in [2.75, 3.05) is 0 Å². The van der Waals surface area contributed by atoms with E-state index in [1.807, 2.05) is 6.07 Å². The van der Waals surface area contributed by atoms with Crippen LogP contribution in [0.2, 0.25) is 0 Å². The van der Waals surface area contributed by atoms with Crippen LogP contribution in [0.15, 0.2) is 18.2 Å². The second kappa shape index (κ2) is 3.35. The molecule has 1 aliphatic carbocycles. The van der Waals surface area contributed by atoms with E-state index in [9.17, 15) is 9.50 Å². The Morgan fingerprint density at radius 3 is 2.50 bits per heavy atom. The fourth-order valence-electron chi connectivity index (χ4n) is 2.13. The van der Waals surface area contributed by atoms with Crippen LogP contribution in [-0.4, -0.2) is 5.11 Å². The van der Waals surface area contributed by atoms with Gasteiger partial charge in [-0.15, -0.1) is 0 Å². The van der Waals surface area contributed by atoms with Gasteiger partial charge in [0.1, 0.15) is 5.82 Å². The van der Waals surface area contributed by atoms with Crippen molar-refractivity contribution in [1.29, 1.82) is 0 Å². The summed E-state index contributed by atoms with van der Waals surface area (Å²) in [6, 6.07) is 5.05. The van der Waals surface area contributed by atoms with Crippen molar-refractivity contribution in [2.24, 2.45) is 0 Å². The van der Waals surface area contributed by atoms with E-state index >= 15 is 0 Å². The molecule has 76 valence electrons. The van der Waals surface area contributed by atoms with Crippen molar-refractivity contribution >= 4 is 0 Å². The summed E-state index contributed by atoms with van der Waals surface area (Å²) in [5.74, 6) is -0.220. The van der Waals surface area contributed by atoms with E-state index in [-0.39, 0.29) is 5.82 Å². The molecule has 1 fully saturated rings. The van der Waals surface area contributed by atoms with Gasteiger partial charge in [0, 0.05) is 0 Å². The van der Waals surface area contributed by atoms with E-state index in [2.05, 4.69) is 0 Å². The highest BCUT2D eigenvalue weighted by atomic mass is 19.1. The average molecular weight is 194 g/mol. The lowest BCUT2D eigenvalue weighted by Crippen LogP contribution is -2.21. The first-order valence-electron chi connectivity index (χ1n) is 5.11. The SMILES string of the molecule is Cc1ccc(C2(O)CCCC2)cc1F. The van der Waals surface area contributed by atoms with Crippen LogP contribution in [0.4, 0.5) is 4.39 Å². The van der Waals surface area contributed by atoms with Crippen molar-refractivity contribution in [2.45, 2.75) is 38.2 Å². The minimum absolute atomic E-state index is 0.220. The number of hydrogen-bond acceptors (Lipinski definition) is 1. The van der Waals surface area contributed by atoms with Gasteiger partial charge in [0.25, 0.3) is 0 Å². The zero-order chi connectivity index (χ0) is 10.2. The molecule has 0 amide bonds. The van der Waals surface area contributed by atoms with Gasteiger partial charge in [0.15, 0.2) is 0 Å². The molecule has 2 rings (SSSR count). The number of hydrogen-bond donors (Lipinski definition) is 1. The fourth-order valence-corrected chi connectivity index (χ4v) is 2.13. The number of aryl methyl sites for hydroxylation is 1. The first kappa shape index (κ1) is 9.66. The monoisotopic (exact) mass is 194 g/mol. The predicted octanol–water partition coefficient (Wildman–Crippen LogP) is 2.90. The Labute approximate surface area is 83.6 Å². The molecule has 1 nitrogen and oxygen atoms in total. The summed E-state index contributed by atoms with van der Waals surface area (Å²) in [6.07, 6.45) is 3.59. The van der Waals surface area contributed by atoms with Crippen molar-refractivity contribution in [3.8, 4) is 0 Å². The lowest BCUT2D eigenvalue weighted by Gasteiger charge is -2.22. The summed E-state index contributed by atoms with van der Waals surface area (Å²) in [4.78, 5) is 0. The third-order valence-electron chi connectivity index (χ3n) is 3.14. The number of benzene rings is 1. The van der Waals surface area contributed by atoms with E-state index in [0.29, 0.717) is 5.56 Å². The van der Waals surface area contributed by atoms with Crippen molar-refractivity contribution in [3.63, 3.8) is 0 Å². The van der Waals surface area contributed by atoms with E-state index in [4.69, 9.17) is 0 Å². The highest BCUT2D eigenvalue weighted by molar-refractivity contribution is 5.28. The molecule has 0 aliphatic heterocycles. The molecule has 0 radical (unpaired) electrons. The van der Waals surface area contributed by atoms with E-state index < -0.39 is 5.60 Å². The lowest BCUT2D eigenvalue weighted by atomic mass is 9.91. The summed E-state index contributed by atoms with van der Waals surface area (Å²) < 4.78 is 13.3. The molecule has 0 heterocycles. The number of rotatable bonds is 1. The summed E-state index contributed by atoms with van der Waals surface area (Å²) in [5.41, 5.74) is 0.600. The van der Waals surface area contributed by atoms with Crippen LogP contribution in [-0.2, 0) is 5.60 Å². The van der Waals surface area contributed by atoms with Crippen LogP contribution in [0, 0.1) is 12.7 Å². The van der Waals surface area contributed by atoms with Gasteiger partial charge in [0.2, 0.25) is 0 Å². The molecule has 1 saturated carbocycles. The van der Waals surface area contributed by atoms with Gasteiger partial charge in [-0.2, -0.15) is 0 Å². The van der Waals surface area contributed by atoms with E-state index in [0.717, 1.165) is 31.2 Å². The van der Waals surface area contributed by atoms with Gasteiger partial charge in [-0.3, -0.25) is 0 Å². The zero-order valence-electron chi connectivity index (χ0n) is 8.39. The molecule has 0 bridgehead atoms. The van der Waals surface area contributed by atoms with Gasteiger partial charge in [-0.1, -0.05) is 25.0 Å². The van der Waals surface area contributed by atoms with Crippen LogP contribution in [0.25, 0.3) is 0 Å². The van der Waals surface area contributed by atoms with E-state index in [1.54, 1.807) is 13.0 Å². The third kappa shape index (κ3) is 1.55. The molecule has 1 aromatic rings. The molecule has 1 aromatic carbocycles. The van der Waals surface area contributed by atoms with Gasteiger partial charge in [-0.25, -0.2) is 4.39 Å². The first-order valence-corrected chi connectivity index (χ1v) is 5.11. The maximum Gasteiger partial charge on any atom is 0.126 e. The van der Waals surface area contributed by atoms with Crippen molar-refractivity contribution < 1.29 is 9.50 Å². The molecule has 1 aliphatic rings. The summed E-state index contributed by atoms with van der Waals surface area (Å²) >= 11 is 0. The Balaban J connectivity index is 2.36. The predicted molar refractivity (Wildman–Crippen MR) is 53.5 cm³/mol. The van der Waals surface area contributed by atoms with Crippen LogP contribution in [0.5, 0.6) is 0 Å². The number of halogens is 1. The molecule has 0 saturated heterocycles. The maximum atomic E-state index is 13.3. The van der Waals surface area contributed by atoms with Crippen LogP contribution in [0.3, 0.4) is 0 Å². The minimum atomic E-state index is -0.769. The van der Waals surface area contributed by atoms with Gasteiger partial charge >= 0.3 is 0 Å². The maximum absolute atomic E-state index is 13.3. The summed E-state index contributed by atoms with van der Waals surface area (Å²) in [5, 5.41) is 10.2. The molecule has 0 unspecified atom stereocenters. The zero-order valence-corrected chi connectivity index (χ0v) is 8.39. The largest absolute Gasteiger partial charge is 0.385 e. The molecular weight excluding hydrogens is 179 g/mol. The van der Waals surface area contributed by atoms with Crippen molar-refractivity contribution in [1.82, 2.24) is 0 Å². The van der Waals surface area contributed by atoms with Gasteiger partial charge in [0.05, 0.1) is 5.60 Å². The molecule has 2 heteroatoms. The van der Waals surface area contributed by atoms with Crippen LogP contribution < -0.4 is 0 Å². The van der Waals surface area contributed by atoms with Gasteiger partial charge < -0.3 is 5.11 Å². The van der Waals surface area contributed by atoms with E-state index in [1.165, 1.54) is 6.07 Å². The molecular formula is C12H15FO. The minimum Gasteiger partial charge on any atom is -0.385 e. The molecule has 0 atom stereocenters. The Morgan fingerprint density at radius 1 is 1.29 bits per heavy atom. The summed E-state index contributed by atoms with van der Waals surface area (Å²) in [7, 11) is 0. The standard InChI is InChI=1S/C12H15FO/c1-9-4-5-10(8-11(9)13)12(14)6-2-3-7-12/h4-5,8,14H,2-3,6-7H2,1H3. The summed E-state index contributed by atoms with van der Waals surface area (Å²) in [6.45, 7) is 1.73. The number of aliphatic hydroxyl groups is 1. The van der Waals surface area contributed by atoms with Gasteiger partial charge in [-0.05, 0) is 37.0 Å². The molecule has 0 aromatic heterocycles. The Bertz CT molecular complexity index is 340. The second-order valence-corrected chi connectivity index (χ2v) is 4.20. The average Bonchev–Trinajstić information content (AvgIpc) is 2.58. The third-order valence-corrected chi connectivity index (χ3v) is 3.14. The molecule has 14 heavy (non-hydrogen) atoms. The Hall–Kier alpha value is -0.890. The van der Waals surface area contributed by atoms with Crippen LogP contribution >= 0.6 is 0 Å². The molecule has 1 N–H and O–H groups in total. The van der Waals surface area contributed by atoms with Crippen LogP contribution in [0.1, 0.15) is 36.8 Å². The normalized spacial score (nSPS) is 19.9. The highest BCUT2D eigenvalue weighted by Gasteiger charge is 2.33.